The van der Waals surface area contributed by atoms with Crippen LogP contribution in [0.4, 0.5) is 0 Å². The minimum atomic E-state index is -1.23. The summed E-state index contributed by atoms with van der Waals surface area (Å²) >= 11 is 0. The van der Waals surface area contributed by atoms with E-state index in [1.165, 1.54) is 32.1 Å². The van der Waals surface area contributed by atoms with Gasteiger partial charge in [-0.2, -0.15) is 0 Å². The third-order valence-corrected chi connectivity index (χ3v) is 8.48. The predicted molar refractivity (Wildman–Crippen MR) is 158 cm³/mol. The fourth-order valence-electron chi connectivity index (χ4n) is 5.53. The molecule has 0 saturated heterocycles. The lowest BCUT2D eigenvalue weighted by molar-refractivity contribution is -0.131. The van der Waals surface area contributed by atoms with Crippen LogP contribution in [0, 0.1) is 36.5 Å². The Hall–Kier alpha value is -3.64. The number of carbonyl (C=O) groups excluding carboxylic acids is 3. The van der Waals surface area contributed by atoms with E-state index >= 15 is 0 Å². The Morgan fingerprint density at radius 2 is 1.35 bits per heavy atom. The van der Waals surface area contributed by atoms with Crippen molar-refractivity contribution in [1.82, 2.24) is 0 Å². The first-order valence-corrected chi connectivity index (χ1v) is 14.1. The Kier molecular flexibility index (Phi) is 11.8. The number of aliphatic hydroxyl groups excluding tert-OH is 4. The van der Waals surface area contributed by atoms with Gasteiger partial charge in [0.15, 0.2) is 11.6 Å². The summed E-state index contributed by atoms with van der Waals surface area (Å²) < 4.78 is 0. The Labute approximate surface area is 251 Å². The van der Waals surface area contributed by atoms with Gasteiger partial charge in [-0.1, -0.05) is 46.8 Å². The van der Waals surface area contributed by atoms with Crippen LogP contribution in [-0.4, -0.2) is 78.4 Å². The number of Topliss-reactive ketones (excluding diaryl/α,β-unsaturated/α-hetero) is 2. The Balaban J connectivity index is 2.25. The quantitative estimate of drug-likeness (QED) is 0.129. The van der Waals surface area contributed by atoms with Gasteiger partial charge >= 0.3 is 5.97 Å². The number of aryl methyl sites for hydroxylation is 1. The topological polar surface area (TPSA) is 216 Å². The molecule has 0 spiro atoms. The number of phenolic OH excluding ortho intramolecular Hbond substituents is 1. The summed E-state index contributed by atoms with van der Waals surface area (Å²) in [5.74, 6) is -7.31. The molecule has 236 valence electrons. The van der Waals surface area contributed by atoms with Gasteiger partial charge in [-0.05, 0) is 31.1 Å². The Morgan fingerprint density at radius 3 is 1.86 bits per heavy atom. The van der Waals surface area contributed by atoms with Crippen LogP contribution in [0.15, 0.2) is 41.6 Å². The van der Waals surface area contributed by atoms with Gasteiger partial charge in [-0.25, -0.2) is 4.79 Å². The van der Waals surface area contributed by atoms with Crippen LogP contribution in [0.3, 0.4) is 0 Å². The second kappa shape index (κ2) is 14.2. The number of benzene rings is 1. The van der Waals surface area contributed by atoms with E-state index < -0.39 is 83.1 Å². The SMILES string of the molecule is CC(=CC(C)C(O)C(C)C(O)C(C)C(O)C(C)C(O)C(C)C=CC(=O)O)C(=O)c1c(O)c(C)cc2c1C(=O)C=C(N)C2=O. The highest BCUT2D eigenvalue weighted by atomic mass is 16.4. The number of aromatic hydroxyl groups is 1. The zero-order chi connectivity index (χ0) is 33.1. The highest BCUT2D eigenvalue weighted by Crippen LogP contribution is 2.35. The van der Waals surface area contributed by atoms with E-state index in [4.69, 9.17) is 10.8 Å². The zero-order valence-electron chi connectivity index (χ0n) is 25.5. The smallest absolute Gasteiger partial charge is 0.327 e. The molecule has 1 aromatic rings. The molecule has 0 bridgehead atoms. The number of carboxylic acids is 1. The molecule has 1 aromatic carbocycles. The van der Waals surface area contributed by atoms with Gasteiger partial charge in [-0.3, -0.25) is 14.4 Å². The van der Waals surface area contributed by atoms with E-state index in [0.29, 0.717) is 0 Å². The number of hydrogen-bond donors (Lipinski definition) is 7. The van der Waals surface area contributed by atoms with Crippen molar-refractivity contribution in [1.29, 1.82) is 0 Å². The maximum Gasteiger partial charge on any atom is 0.327 e. The van der Waals surface area contributed by atoms with Crippen LogP contribution < -0.4 is 5.73 Å². The fraction of sp³-hybridized carbons (Fsp3) is 0.500. The monoisotopic (exact) mass is 601 g/mol. The Morgan fingerprint density at radius 1 is 0.860 bits per heavy atom. The van der Waals surface area contributed by atoms with Crippen molar-refractivity contribution in [2.75, 3.05) is 0 Å². The highest BCUT2D eigenvalue weighted by molar-refractivity contribution is 6.29. The first-order chi connectivity index (χ1) is 19.8. The number of allylic oxidation sites excluding steroid dienone is 3. The van der Waals surface area contributed by atoms with Gasteiger partial charge in [0, 0.05) is 52.9 Å². The summed E-state index contributed by atoms with van der Waals surface area (Å²) in [4.78, 5) is 49.6. The number of carbonyl (C=O) groups is 4. The first-order valence-electron chi connectivity index (χ1n) is 14.1. The van der Waals surface area contributed by atoms with E-state index in [0.717, 1.165) is 12.2 Å². The van der Waals surface area contributed by atoms with E-state index in [1.54, 1.807) is 34.6 Å². The summed E-state index contributed by atoms with van der Waals surface area (Å²) in [5.41, 5.74) is 4.99. The van der Waals surface area contributed by atoms with E-state index in [9.17, 15) is 44.7 Å². The number of fused-ring (bicyclic) bond motifs is 1. The molecule has 1 aliphatic rings. The van der Waals surface area contributed by atoms with Crippen molar-refractivity contribution < 1.29 is 49.8 Å². The number of ketones is 3. The molecule has 1 aliphatic carbocycles. The maximum atomic E-state index is 13.5. The molecular weight excluding hydrogens is 558 g/mol. The summed E-state index contributed by atoms with van der Waals surface area (Å²) in [6.07, 6.45) is -0.164. The standard InChI is InChI=1S/C32H43NO10/c1-13(8-9-23(35)36)26(37)17(5)30(41)19(7)31(42)18(6)27(38)14(2)10-15(3)28(39)25-24-20(11-16(4)29(25)40)32(43)21(33)12-22(24)34/h8-14,17-19,26-27,30-31,37-38,40-42H,33H2,1-7H3,(H,35,36). The first kappa shape index (κ1) is 35.6. The summed E-state index contributed by atoms with van der Waals surface area (Å²) in [6.45, 7) is 10.8. The average molecular weight is 602 g/mol. The van der Waals surface area contributed by atoms with Crippen LogP contribution in [0.2, 0.25) is 0 Å². The van der Waals surface area contributed by atoms with Crippen LogP contribution in [-0.2, 0) is 4.79 Å². The van der Waals surface area contributed by atoms with Crippen LogP contribution in [0.25, 0.3) is 0 Å². The molecule has 11 nitrogen and oxygen atoms in total. The molecule has 0 fully saturated rings. The van der Waals surface area contributed by atoms with E-state index in [-0.39, 0.29) is 33.5 Å². The number of nitrogens with two attached hydrogens (primary N) is 1. The summed E-state index contributed by atoms with van der Waals surface area (Å²) in [5, 5.41) is 63.1. The molecule has 0 amide bonds. The van der Waals surface area contributed by atoms with Crippen molar-refractivity contribution in [3.8, 4) is 5.75 Å². The molecule has 11 heteroatoms. The van der Waals surface area contributed by atoms with Gasteiger partial charge in [-0.15, -0.1) is 0 Å². The van der Waals surface area contributed by atoms with Crippen molar-refractivity contribution >= 4 is 23.3 Å². The van der Waals surface area contributed by atoms with Crippen LogP contribution >= 0.6 is 0 Å². The molecule has 9 atom stereocenters. The van der Waals surface area contributed by atoms with Gasteiger partial charge in [0.1, 0.15) is 5.75 Å². The number of aliphatic carboxylic acids is 1. The van der Waals surface area contributed by atoms with Crippen molar-refractivity contribution in [3.05, 3.63) is 63.9 Å². The number of carboxylic acid groups (broad SMARTS) is 1. The molecule has 0 aromatic heterocycles. The number of aliphatic hydroxyl groups is 4. The number of phenols is 1. The van der Waals surface area contributed by atoms with Gasteiger partial charge in [0.05, 0.1) is 35.7 Å². The van der Waals surface area contributed by atoms with Gasteiger partial charge in [0.2, 0.25) is 5.78 Å². The minimum absolute atomic E-state index is 0.0762. The van der Waals surface area contributed by atoms with Crippen molar-refractivity contribution in [2.24, 2.45) is 35.3 Å². The largest absolute Gasteiger partial charge is 0.507 e. The number of rotatable bonds is 13. The fourth-order valence-corrected chi connectivity index (χ4v) is 5.53. The Bertz CT molecular complexity index is 1360. The molecule has 8 N–H and O–H groups in total. The van der Waals surface area contributed by atoms with Gasteiger partial charge < -0.3 is 36.4 Å². The molecule has 0 radical (unpaired) electrons. The second-order valence-corrected chi connectivity index (χ2v) is 11.8. The lowest BCUT2D eigenvalue weighted by Crippen LogP contribution is -2.45. The second-order valence-electron chi connectivity index (χ2n) is 11.8. The normalized spacial score (nSPS) is 20.3. The molecule has 0 aliphatic heterocycles. The van der Waals surface area contributed by atoms with Crippen molar-refractivity contribution in [2.45, 2.75) is 72.9 Å². The lowest BCUT2D eigenvalue weighted by atomic mass is 9.77. The predicted octanol–water partition coefficient (Wildman–Crippen LogP) is 2.32. The van der Waals surface area contributed by atoms with Crippen LogP contribution in [0.5, 0.6) is 5.75 Å². The maximum absolute atomic E-state index is 13.5. The van der Waals surface area contributed by atoms with Gasteiger partial charge in [0.25, 0.3) is 0 Å². The number of hydrogen-bond acceptors (Lipinski definition) is 10. The average Bonchev–Trinajstić information content (AvgIpc) is 2.96. The third-order valence-electron chi connectivity index (χ3n) is 8.48. The third kappa shape index (κ3) is 7.66. The highest BCUT2D eigenvalue weighted by Gasteiger charge is 2.38. The summed E-state index contributed by atoms with van der Waals surface area (Å²) in [6, 6.07) is 1.30. The minimum Gasteiger partial charge on any atom is -0.507 e. The van der Waals surface area contributed by atoms with Crippen molar-refractivity contribution in [3.63, 3.8) is 0 Å². The lowest BCUT2D eigenvalue weighted by Gasteiger charge is -2.36. The molecule has 9 unspecified atom stereocenters. The zero-order valence-corrected chi connectivity index (χ0v) is 25.5. The summed E-state index contributed by atoms with van der Waals surface area (Å²) in [7, 11) is 0. The molecule has 43 heavy (non-hydrogen) atoms. The molecule has 0 saturated carbocycles. The van der Waals surface area contributed by atoms with Crippen LogP contribution in [0.1, 0.15) is 78.2 Å². The molecule has 2 rings (SSSR count). The van der Waals surface area contributed by atoms with E-state index in [2.05, 4.69) is 0 Å². The molecule has 0 heterocycles. The van der Waals surface area contributed by atoms with E-state index in [1.807, 2.05) is 0 Å². The molecular formula is C32H43NO10.